The van der Waals surface area contributed by atoms with E-state index in [-0.39, 0.29) is 0 Å². The van der Waals surface area contributed by atoms with Gasteiger partial charge in [-0.15, -0.1) is 0 Å². The van der Waals surface area contributed by atoms with Gasteiger partial charge in [0.25, 0.3) is 0 Å². The Kier molecular flexibility index (Phi) is 1.87. The van der Waals surface area contributed by atoms with Crippen LogP contribution in [0.2, 0.25) is 0 Å². The topological polar surface area (TPSA) is 12.9 Å². The third-order valence-corrected chi connectivity index (χ3v) is 3.43. The Labute approximate surface area is 55.5 Å². The molecule has 0 N–H and O–H groups in total. The first-order valence-electron chi connectivity index (χ1n) is 2.73. The molecule has 1 rings (SSSR count). The molecule has 1 aromatic rings. The Hall–Kier alpha value is -0.0705. The van der Waals surface area contributed by atoms with E-state index in [0.29, 0.717) is 14.5 Å². The summed E-state index contributed by atoms with van der Waals surface area (Å²) in [5.41, 5.74) is 1.26. The van der Waals surface area contributed by atoms with Crippen molar-refractivity contribution in [3.05, 3.63) is 15.2 Å². The average Bonchev–Trinajstić information content (AvgIpc) is 2.14. The molecular formula is C6H9NSe. The summed E-state index contributed by atoms with van der Waals surface area (Å²) in [7, 11) is 0. The van der Waals surface area contributed by atoms with Gasteiger partial charge in [0.05, 0.1) is 0 Å². The van der Waals surface area contributed by atoms with E-state index >= 15 is 0 Å². The molecule has 0 atom stereocenters. The van der Waals surface area contributed by atoms with E-state index in [1.54, 1.807) is 4.44 Å². The van der Waals surface area contributed by atoms with Crippen molar-refractivity contribution in [2.45, 2.75) is 20.3 Å². The second-order valence-corrected chi connectivity index (χ2v) is 3.69. The minimum absolute atomic E-state index is 0.596. The average molecular weight is 174 g/mol. The molecule has 0 unspecified atom stereocenters. The van der Waals surface area contributed by atoms with Gasteiger partial charge in [-0.05, 0) is 0 Å². The normalized spacial score (nSPS) is 9.75. The predicted molar refractivity (Wildman–Crippen MR) is 35.3 cm³/mol. The maximum absolute atomic E-state index is 4.17. The van der Waals surface area contributed by atoms with Gasteiger partial charge in [0, 0.05) is 0 Å². The third-order valence-electron chi connectivity index (χ3n) is 1.17. The van der Waals surface area contributed by atoms with Crippen LogP contribution in [0.4, 0.5) is 0 Å². The van der Waals surface area contributed by atoms with Crippen LogP contribution in [0.15, 0.2) is 5.07 Å². The Balaban J connectivity index is 2.92. The van der Waals surface area contributed by atoms with E-state index in [1.807, 2.05) is 5.07 Å². The van der Waals surface area contributed by atoms with E-state index in [2.05, 4.69) is 18.8 Å². The molecule has 1 aromatic heterocycles. The van der Waals surface area contributed by atoms with Crippen LogP contribution in [-0.4, -0.2) is 19.5 Å². The molecule has 0 saturated heterocycles. The predicted octanol–water partition coefficient (Wildman–Crippen LogP) is 1.01. The van der Waals surface area contributed by atoms with Crippen molar-refractivity contribution in [2.24, 2.45) is 0 Å². The Morgan fingerprint density at radius 2 is 2.50 bits per heavy atom. The monoisotopic (exact) mass is 175 g/mol. The Morgan fingerprint density at radius 3 is 2.75 bits per heavy atom. The summed E-state index contributed by atoms with van der Waals surface area (Å²) in [6.45, 7) is 4.28. The zero-order valence-electron chi connectivity index (χ0n) is 5.14. The summed E-state index contributed by atoms with van der Waals surface area (Å²) < 4.78 is 1.55. The number of aryl methyl sites for hydroxylation is 2. The fourth-order valence-corrected chi connectivity index (χ4v) is 2.19. The first kappa shape index (κ1) is 6.06. The fraction of sp³-hybridized carbons (Fsp3) is 0.500. The van der Waals surface area contributed by atoms with Gasteiger partial charge in [-0.25, -0.2) is 0 Å². The van der Waals surface area contributed by atoms with Gasteiger partial charge in [0.15, 0.2) is 0 Å². The van der Waals surface area contributed by atoms with Crippen LogP contribution in [0.3, 0.4) is 0 Å². The van der Waals surface area contributed by atoms with Gasteiger partial charge in [-0.3, -0.25) is 0 Å². The second-order valence-electron chi connectivity index (χ2n) is 1.71. The summed E-state index contributed by atoms with van der Waals surface area (Å²) in [6.07, 6.45) is 1.19. The van der Waals surface area contributed by atoms with Crippen molar-refractivity contribution >= 4 is 14.5 Å². The molecule has 0 aromatic carbocycles. The van der Waals surface area contributed by atoms with Crippen LogP contribution in [0.25, 0.3) is 0 Å². The van der Waals surface area contributed by atoms with E-state index < -0.39 is 0 Å². The van der Waals surface area contributed by atoms with Gasteiger partial charge in [-0.2, -0.15) is 0 Å². The van der Waals surface area contributed by atoms with Crippen molar-refractivity contribution < 1.29 is 0 Å². The first-order valence-corrected chi connectivity index (χ1v) is 4.58. The molecule has 44 valence electrons. The van der Waals surface area contributed by atoms with Crippen LogP contribution in [0.5, 0.6) is 0 Å². The van der Waals surface area contributed by atoms with Gasteiger partial charge >= 0.3 is 55.0 Å². The number of aromatic nitrogens is 1. The summed E-state index contributed by atoms with van der Waals surface area (Å²) in [5, 5.41) is 2.04. The molecule has 8 heavy (non-hydrogen) atoms. The van der Waals surface area contributed by atoms with Crippen molar-refractivity contribution in [2.75, 3.05) is 0 Å². The molecule has 0 saturated carbocycles. The summed E-state index contributed by atoms with van der Waals surface area (Å²) in [4.78, 5) is 4.17. The van der Waals surface area contributed by atoms with Gasteiger partial charge in [0.2, 0.25) is 0 Å². The molecule has 0 radical (unpaired) electrons. The summed E-state index contributed by atoms with van der Waals surface area (Å²) in [5.74, 6) is 0. The van der Waals surface area contributed by atoms with E-state index in [1.165, 1.54) is 12.1 Å². The first-order chi connectivity index (χ1) is 3.84. The standard InChI is InChI=1S/C6H9NSe/c1-3-6-5(2)7-4-8-6/h4H,3H2,1-2H3. The third kappa shape index (κ3) is 1.01. The van der Waals surface area contributed by atoms with E-state index in [4.69, 9.17) is 0 Å². The Bertz CT molecular complexity index is 169. The van der Waals surface area contributed by atoms with Crippen molar-refractivity contribution in [3.8, 4) is 0 Å². The number of nitrogens with zero attached hydrogens (tertiary/aromatic N) is 1. The fourth-order valence-electron chi connectivity index (χ4n) is 0.665. The molecule has 2 heteroatoms. The van der Waals surface area contributed by atoms with Crippen LogP contribution < -0.4 is 0 Å². The molecule has 0 aliphatic heterocycles. The zero-order chi connectivity index (χ0) is 5.98. The second kappa shape index (κ2) is 2.47. The molecule has 1 nitrogen and oxygen atoms in total. The van der Waals surface area contributed by atoms with Gasteiger partial charge < -0.3 is 0 Å². The molecule has 0 bridgehead atoms. The maximum atomic E-state index is 4.17. The van der Waals surface area contributed by atoms with Crippen LogP contribution in [-0.2, 0) is 6.42 Å². The van der Waals surface area contributed by atoms with E-state index in [0.717, 1.165) is 0 Å². The number of hydrogen-bond acceptors (Lipinski definition) is 1. The Morgan fingerprint density at radius 1 is 1.75 bits per heavy atom. The van der Waals surface area contributed by atoms with Crippen molar-refractivity contribution in [3.63, 3.8) is 0 Å². The summed E-state index contributed by atoms with van der Waals surface area (Å²) >= 11 is 0.596. The van der Waals surface area contributed by atoms with E-state index in [9.17, 15) is 0 Å². The SMILES string of the molecule is CCc1[se]cnc1C. The quantitative estimate of drug-likeness (QED) is 0.579. The molecule has 0 spiro atoms. The number of rotatable bonds is 1. The van der Waals surface area contributed by atoms with Crippen molar-refractivity contribution in [1.29, 1.82) is 0 Å². The van der Waals surface area contributed by atoms with Crippen LogP contribution >= 0.6 is 0 Å². The molecule has 0 aliphatic rings. The molecule has 0 fully saturated rings. The van der Waals surface area contributed by atoms with Gasteiger partial charge in [-0.1, -0.05) is 0 Å². The molecule has 0 amide bonds. The van der Waals surface area contributed by atoms with Crippen LogP contribution in [0, 0.1) is 6.92 Å². The summed E-state index contributed by atoms with van der Waals surface area (Å²) in [6, 6.07) is 0. The zero-order valence-corrected chi connectivity index (χ0v) is 6.85. The molecule has 1 heterocycles. The number of hydrogen-bond donors (Lipinski definition) is 0. The van der Waals surface area contributed by atoms with Crippen molar-refractivity contribution in [1.82, 2.24) is 4.98 Å². The molecular weight excluding hydrogens is 165 g/mol. The van der Waals surface area contributed by atoms with Crippen LogP contribution in [0.1, 0.15) is 17.1 Å². The van der Waals surface area contributed by atoms with Gasteiger partial charge in [0.1, 0.15) is 0 Å². The minimum atomic E-state index is 0.596. The molecule has 0 aliphatic carbocycles.